The van der Waals surface area contributed by atoms with Crippen LogP contribution >= 0.6 is 46.7 Å². The number of nitrogens with zero attached hydrogens (tertiary/aromatic N) is 3. The molecule has 1 aliphatic heterocycles. The van der Waals surface area contributed by atoms with Gasteiger partial charge in [0.1, 0.15) is 17.1 Å². The number of thioether (sulfide) groups is 1. The van der Waals surface area contributed by atoms with Gasteiger partial charge in [-0.2, -0.15) is 26.3 Å². The SMILES string of the molecule is CO/N=C(\C(=O)O)c1csc(NC(=O)CCN2C(=O)/C(=C/c3cc(-c4cc(C(F)(F)F)cc(C(F)(F)F)c4)cs3)SC2=S)n1. The summed E-state index contributed by atoms with van der Waals surface area (Å²) in [6.07, 6.45) is -8.78. The normalized spacial score (nSPS) is 15.3. The molecule has 1 aromatic carbocycles. The molecule has 4 rings (SSSR count). The van der Waals surface area contributed by atoms with Crippen LogP contribution in [0.4, 0.5) is 31.5 Å². The van der Waals surface area contributed by atoms with E-state index in [1.54, 1.807) is 0 Å². The summed E-state index contributed by atoms with van der Waals surface area (Å²) >= 11 is 8.11. The van der Waals surface area contributed by atoms with E-state index in [1.165, 1.54) is 27.8 Å². The molecular formula is C25H16F6N4O5S4. The molecule has 0 aliphatic carbocycles. The zero-order valence-electron chi connectivity index (χ0n) is 21.8. The van der Waals surface area contributed by atoms with Crippen LogP contribution in [0, 0.1) is 0 Å². The fraction of sp³-hybridized carbons (Fsp3) is 0.200. The predicted octanol–water partition coefficient (Wildman–Crippen LogP) is 6.57. The largest absolute Gasteiger partial charge is 0.476 e. The Morgan fingerprint density at radius 2 is 1.73 bits per heavy atom. The maximum atomic E-state index is 13.3. The number of anilines is 1. The number of hydrogen-bond acceptors (Lipinski definition) is 10. The number of aromatic nitrogens is 1. The molecule has 19 heteroatoms. The molecule has 1 saturated heterocycles. The van der Waals surface area contributed by atoms with Crippen LogP contribution in [-0.4, -0.2) is 56.5 Å². The molecule has 0 spiro atoms. The Hall–Kier alpha value is -3.81. The van der Waals surface area contributed by atoms with E-state index in [4.69, 9.17) is 12.2 Å². The lowest BCUT2D eigenvalue weighted by atomic mass is 10.0. The summed E-state index contributed by atoms with van der Waals surface area (Å²) in [6.45, 7) is -0.113. The third-order valence-electron chi connectivity index (χ3n) is 5.63. The molecule has 1 fully saturated rings. The number of carboxylic acids is 1. The first-order chi connectivity index (χ1) is 20.6. The second kappa shape index (κ2) is 13.0. The van der Waals surface area contributed by atoms with Gasteiger partial charge in [0.25, 0.3) is 5.91 Å². The minimum atomic E-state index is -4.99. The van der Waals surface area contributed by atoms with Crippen molar-refractivity contribution >= 4 is 85.7 Å². The monoisotopic (exact) mass is 694 g/mol. The molecule has 232 valence electrons. The molecule has 2 amide bonds. The van der Waals surface area contributed by atoms with E-state index in [0.717, 1.165) is 41.5 Å². The standard InChI is InChI=1S/C25H16F6N4O5S4/c1-40-34-19(21(38)39)16-10-43-22(32-16)33-18(36)2-3-35-20(37)17(44-23(35)41)8-15-6-12(9-42-15)11-4-13(24(26,27)28)7-14(5-11)25(29,30)31/h4-10H,2-3H2,1H3,(H,38,39)(H,32,33,36)/b17-8-,34-19-. The Kier molecular flexibility index (Phi) is 9.81. The van der Waals surface area contributed by atoms with E-state index in [-0.39, 0.29) is 50.2 Å². The number of alkyl halides is 6. The molecule has 3 heterocycles. The number of carboxylic acid groups (broad SMARTS) is 1. The summed E-state index contributed by atoms with van der Waals surface area (Å²) in [6, 6.07) is 2.64. The van der Waals surface area contributed by atoms with Crippen LogP contribution in [0.15, 0.2) is 45.1 Å². The van der Waals surface area contributed by atoms with Crippen molar-refractivity contribution in [2.45, 2.75) is 18.8 Å². The van der Waals surface area contributed by atoms with Gasteiger partial charge in [0.05, 0.1) is 16.0 Å². The Labute approximate surface area is 261 Å². The summed E-state index contributed by atoms with van der Waals surface area (Å²) in [5, 5.41) is 17.8. The molecule has 9 nitrogen and oxygen atoms in total. The average molecular weight is 695 g/mol. The van der Waals surface area contributed by atoms with Crippen molar-refractivity contribution in [3.05, 3.63) is 61.6 Å². The lowest BCUT2D eigenvalue weighted by molar-refractivity contribution is -0.143. The van der Waals surface area contributed by atoms with Gasteiger partial charge in [0, 0.05) is 23.2 Å². The summed E-state index contributed by atoms with van der Waals surface area (Å²) in [7, 11) is 1.16. The first-order valence-corrected chi connectivity index (χ1v) is 14.8. The topological polar surface area (TPSA) is 121 Å². The van der Waals surface area contributed by atoms with Gasteiger partial charge in [-0.15, -0.1) is 22.7 Å². The zero-order valence-corrected chi connectivity index (χ0v) is 25.0. The van der Waals surface area contributed by atoms with E-state index < -0.39 is 47.0 Å². The highest BCUT2D eigenvalue weighted by Gasteiger charge is 2.37. The van der Waals surface area contributed by atoms with Crippen molar-refractivity contribution in [1.82, 2.24) is 9.88 Å². The maximum absolute atomic E-state index is 13.3. The summed E-state index contributed by atoms with van der Waals surface area (Å²) in [4.78, 5) is 46.8. The fourth-order valence-corrected chi connectivity index (χ4v) is 6.58. The number of carbonyl (C=O) groups excluding carboxylic acids is 2. The quantitative estimate of drug-likeness (QED) is 0.0849. The van der Waals surface area contributed by atoms with Gasteiger partial charge in [-0.3, -0.25) is 14.5 Å². The Balaban J connectivity index is 1.43. The Morgan fingerprint density at radius 3 is 2.32 bits per heavy atom. The number of oxime groups is 1. The van der Waals surface area contributed by atoms with Crippen molar-refractivity contribution in [1.29, 1.82) is 0 Å². The van der Waals surface area contributed by atoms with E-state index >= 15 is 0 Å². The molecule has 0 atom stereocenters. The number of aliphatic carboxylic acids is 1. The number of amides is 2. The van der Waals surface area contributed by atoms with Gasteiger partial charge < -0.3 is 15.3 Å². The second-order valence-electron chi connectivity index (χ2n) is 8.63. The summed E-state index contributed by atoms with van der Waals surface area (Å²) in [5.41, 5.74) is -3.58. The molecule has 0 bridgehead atoms. The number of rotatable bonds is 9. The minimum absolute atomic E-state index is 0.0349. The van der Waals surface area contributed by atoms with Crippen molar-refractivity contribution in [3.8, 4) is 11.1 Å². The van der Waals surface area contributed by atoms with Crippen LogP contribution in [-0.2, 0) is 31.6 Å². The number of thiazole rings is 1. The van der Waals surface area contributed by atoms with Crippen molar-refractivity contribution < 1.29 is 50.7 Å². The fourth-order valence-electron chi connectivity index (χ4n) is 3.65. The van der Waals surface area contributed by atoms with Gasteiger partial charge in [0.15, 0.2) is 5.13 Å². The molecular weight excluding hydrogens is 679 g/mol. The van der Waals surface area contributed by atoms with Crippen molar-refractivity contribution in [2.24, 2.45) is 5.16 Å². The smallest absolute Gasteiger partial charge is 0.416 e. The minimum Gasteiger partial charge on any atom is -0.476 e. The Bertz CT molecular complexity index is 1660. The first kappa shape index (κ1) is 33.1. The van der Waals surface area contributed by atoms with Gasteiger partial charge in [0.2, 0.25) is 11.6 Å². The zero-order chi connectivity index (χ0) is 32.4. The van der Waals surface area contributed by atoms with Crippen molar-refractivity contribution in [2.75, 3.05) is 19.0 Å². The highest BCUT2D eigenvalue weighted by molar-refractivity contribution is 8.26. The van der Waals surface area contributed by atoms with E-state index in [2.05, 4.69) is 20.3 Å². The third kappa shape index (κ3) is 7.82. The van der Waals surface area contributed by atoms with Gasteiger partial charge in [-0.25, -0.2) is 9.78 Å². The maximum Gasteiger partial charge on any atom is 0.416 e. The van der Waals surface area contributed by atoms with Crippen LogP contribution in [0.5, 0.6) is 0 Å². The van der Waals surface area contributed by atoms with Crippen LogP contribution in [0.25, 0.3) is 17.2 Å². The molecule has 0 radical (unpaired) electrons. The van der Waals surface area contributed by atoms with Gasteiger partial charge >= 0.3 is 18.3 Å². The lowest BCUT2D eigenvalue weighted by Crippen LogP contribution is -2.31. The number of thiocarbonyl (C=S) groups is 1. The number of nitrogens with one attached hydrogen (secondary N) is 1. The number of benzene rings is 1. The highest BCUT2D eigenvalue weighted by Crippen LogP contribution is 2.40. The van der Waals surface area contributed by atoms with Crippen LogP contribution in [0.3, 0.4) is 0 Å². The molecule has 3 aromatic rings. The third-order valence-corrected chi connectivity index (χ3v) is 8.64. The van der Waals surface area contributed by atoms with Crippen molar-refractivity contribution in [3.63, 3.8) is 0 Å². The van der Waals surface area contributed by atoms with E-state index in [1.807, 2.05) is 0 Å². The van der Waals surface area contributed by atoms with Crippen LogP contribution in [0.1, 0.15) is 28.1 Å². The predicted molar refractivity (Wildman–Crippen MR) is 156 cm³/mol. The van der Waals surface area contributed by atoms with Gasteiger partial charge in [-0.1, -0.05) is 29.1 Å². The number of carbonyl (C=O) groups is 3. The lowest BCUT2D eigenvalue weighted by Gasteiger charge is -2.13. The highest BCUT2D eigenvalue weighted by atomic mass is 32.2. The van der Waals surface area contributed by atoms with E-state index in [0.29, 0.717) is 17.0 Å². The Morgan fingerprint density at radius 1 is 1.07 bits per heavy atom. The molecule has 2 N–H and O–H groups in total. The number of thiophene rings is 1. The first-order valence-electron chi connectivity index (χ1n) is 11.8. The molecule has 44 heavy (non-hydrogen) atoms. The molecule has 2 aromatic heterocycles. The number of hydrogen-bond donors (Lipinski definition) is 2. The summed E-state index contributed by atoms with van der Waals surface area (Å²) in [5.74, 6) is -2.48. The number of halogens is 6. The molecule has 1 aliphatic rings. The molecule has 0 saturated carbocycles. The van der Waals surface area contributed by atoms with Gasteiger partial charge in [-0.05, 0) is 46.8 Å². The van der Waals surface area contributed by atoms with Crippen LogP contribution in [0.2, 0.25) is 0 Å². The van der Waals surface area contributed by atoms with E-state index in [9.17, 15) is 45.8 Å². The summed E-state index contributed by atoms with van der Waals surface area (Å²) < 4.78 is 79.7. The second-order valence-corrected chi connectivity index (χ2v) is 12.1. The molecule has 0 unspecified atom stereocenters. The average Bonchev–Trinajstić information content (AvgIpc) is 3.65. The van der Waals surface area contributed by atoms with Crippen LogP contribution < -0.4 is 5.32 Å².